The zero-order valence-electron chi connectivity index (χ0n) is 13.0. The van der Waals surface area contributed by atoms with Crippen molar-refractivity contribution >= 4 is 33.1 Å². The van der Waals surface area contributed by atoms with Gasteiger partial charge in [-0.1, -0.05) is 12.1 Å². The second-order valence-electron chi connectivity index (χ2n) is 5.27. The average molecular weight is 367 g/mol. The molecule has 2 rings (SSSR count). The summed E-state index contributed by atoms with van der Waals surface area (Å²) in [6.07, 6.45) is 1.93. The number of amides is 1. The van der Waals surface area contributed by atoms with Gasteiger partial charge in [-0.25, -0.2) is 13.2 Å². The Labute approximate surface area is 144 Å². The average Bonchev–Trinajstić information content (AvgIpc) is 3.00. The van der Waals surface area contributed by atoms with Crippen LogP contribution in [0.15, 0.2) is 40.6 Å². The van der Waals surface area contributed by atoms with Gasteiger partial charge in [-0.15, -0.1) is 11.3 Å². The molecule has 0 saturated carbocycles. The van der Waals surface area contributed by atoms with Gasteiger partial charge >= 0.3 is 5.97 Å². The van der Waals surface area contributed by atoms with Crippen LogP contribution >= 0.6 is 11.3 Å². The fourth-order valence-corrected chi connectivity index (χ4v) is 3.92. The molecule has 1 aromatic heterocycles. The number of aromatic carboxylic acids is 1. The standard InChI is InChI=1S/C16H17NO5S2/c1-24(21,22)15-9-7-13(23-15)10-17-14(18)8-4-11-2-5-12(6-3-11)16(19)20/h2-3,5-7,9H,4,8,10H2,1H3,(H,17,18)(H,19,20). The molecule has 0 unspecified atom stereocenters. The first kappa shape index (κ1) is 18.2. The number of carbonyl (C=O) groups is 2. The highest BCUT2D eigenvalue weighted by Gasteiger charge is 2.11. The van der Waals surface area contributed by atoms with Crippen LogP contribution in [0.1, 0.15) is 27.2 Å². The molecule has 6 nitrogen and oxygen atoms in total. The van der Waals surface area contributed by atoms with Crippen molar-refractivity contribution in [3.8, 4) is 0 Å². The molecule has 0 aliphatic carbocycles. The van der Waals surface area contributed by atoms with E-state index in [1.165, 1.54) is 18.2 Å². The molecular formula is C16H17NO5S2. The summed E-state index contributed by atoms with van der Waals surface area (Å²) >= 11 is 1.14. The number of aryl methyl sites for hydroxylation is 1. The van der Waals surface area contributed by atoms with Crippen LogP contribution < -0.4 is 5.32 Å². The maximum Gasteiger partial charge on any atom is 0.335 e. The fourth-order valence-electron chi connectivity index (χ4n) is 2.00. The Kier molecular flexibility index (Phi) is 5.74. The molecule has 0 fully saturated rings. The van der Waals surface area contributed by atoms with Crippen molar-refractivity contribution in [1.29, 1.82) is 0 Å². The highest BCUT2D eigenvalue weighted by atomic mass is 32.2. The molecule has 2 N–H and O–H groups in total. The number of carboxylic acid groups (broad SMARTS) is 1. The summed E-state index contributed by atoms with van der Waals surface area (Å²) in [6.45, 7) is 0.289. The number of hydrogen-bond donors (Lipinski definition) is 2. The number of hydrogen-bond acceptors (Lipinski definition) is 5. The summed E-state index contributed by atoms with van der Waals surface area (Å²) in [5, 5.41) is 11.6. The Morgan fingerprint density at radius 1 is 1.12 bits per heavy atom. The van der Waals surface area contributed by atoms with Gasteiger partial charge in [0.15, 0.2) is 9.84 Å². The van der Waals surface area contributed by atoms with Crippen LogP contribution in [-0.2, 0) is 27.6 Å². The van der Waals surface area contributed by atoms with E-state index in [4.69, 9.17) is 5.11 Å². The minimum atomic E-state index is -3.21. The molecule has 0 aliphatic rings. The zero-order chi connectivity index (χ0) is 17.7. The molecule has 0 saturated heterocycles. The predicted molar refractivity (Wildman–Crippen MR) is 91.0 cm³/mol. The number of carbonyl (C=O) groups excluding carboxylic acids is 1. The summed E-state index contributed by atoms with van der Waals surface area (Å²) in [7, 11) is -3.21. The number of benzene rings is 1. The molecule has 1 amide bonds. The normalized spacial score (nSPS) is 11.2. The SMILES string of the molecule is CS(=O)(=O)c1ccc(CNC(=O)CCc2ccc(C(=O)O)cc2)s1. The lowest BCUT2D eigenvalue weighted by Crippen LogP contribution is -2.22. The van der Waals surface area contributed by atoms with Gasteiger partial charge in [0.1, 0.15) is 4.21 Å². The summed E-state index contributed by atoms with van der Waals surface area (Å²) in [5.74, 6) is -1.13. The Morgan fingerprint density at radius 3 is 2.33 bits per heavy atom. The Morgan fingerprint density at radius 2 is 1.79 bits per heavy atom. The first-order valence-electron chi connectivity index (χ1n) is 7.13. The van der Waals surface area contributed by atoms with Crippen LogP contribution in [0.5, 0.6) is 0 Å². The van der Waals surface area contributed by atoms with E-state index in [9.17, 15) is 18.0 Å². The smallest absolute Gasteiger partial charge is 0.335 e. The summed E-state index contributed by atoms with van der Waals surface area (Å²) in [5.41, 5.74) is 1.09. The van der Waals surface area contributed by atoms with Crippen LogP contribution in [0.3, 0.4) is 0 Å². The summed E-state index contributed by atoms with van der Waals surface area (Å²) < 4.78 is 23.1. The van der Waals surface area contributed by atoms with Gasteiger partial charge in [-0.3, -0.25) is 4.79 Å². The lowest BCUT2D eigenvalue weighted by molar-refractivity contribution is -0.121. The second-order valence-corrected chi connectivity index (χ2v) is 8.68. The maximum absolute atomic E-state index is 11.8. The van der Waals surface area contributed by atoms with Crippen LogP contribution in [0, 0.1) is 0 Å². The lowest BCUT2D eigenvalue weighted by atomic mass is 10.1. The number of thiophene rings is 1. The van der Waals surface area contributed by atoms with Crippen molar-refractivity contribution in [2.45, 2.75) is 23.6 Å². The minimum absolute atomic E-state index is 0.147. The molecule has 24 heavy (non-hydrogen) atoms. The molecule has 0 bridgehead atoms. The maximum atomic E-state index is 11.8. The molecule has 128 valence electrons. The Bertz CT molecular complexity index is 838. The van der Waals surface area contributed by atoms with Crippen LogP contribution in [0.4, 0.5) is 0 Å². The van der Waals surface area contributed by atoms with Crippen molar-refractivity contribution in [3.05, 3.63) is 52.4 Å². The molecule has 0 spiro atoms. The monoisotopic (exact) mass is 367 g/mol. The number of sulfone groups is 1. The van der Waals surface area contributed by atoms with Gasteiger partial charge in [0.25, 0.3) is 0 Å². The van der Waals surface area contributed by atoms with Gasteiger partial charge in [0.05, 0.1) is 12.1 Å². The van der Waals surface area contributed by atoms with Crippen molar-refractivity contribution in [2.24, 2.45) is 0 Å². The molecule has 1 aromatic carbocycles. The largest absolute Gasteiger partial charge is 0.478 e. The molecule has 2 aromatic rings. The van der Waals surface area contributed by atoms with Crippen LogP contribution in [0.25, 0.3) is 0 Å². The molecule has 0 aliphatic heterocycles. The second kappa shape index (κ2) is 7.59. The van der Waals surface area contributed by atoms with Crippen molar-refractivity contribution in [2.75, 3.05) is 6.26 Å². The van der Waals surface area contributed by atoms with E-state index >= 15 is 0 Å². The summed E-state index contributed by atoms with van der Waals surface area (Å²) in [4.78, 5) is 23.4. The lowest BCUT2D eigenvalue weighted by Gasteiger charge is -2.04. The third-order valence-electron chi connectivity index (χ3n) is 3.30. The van der Waals surface area contributed by atoms with Gasteiger partial charge in [0.2, 0.25) is 5.91 Å². The summed E-state index contributed by atoms with van der Waals surface area (Å²) in [6, 6.07) is 9.61. The van der Waals surface area contributed by atoms with E-state index in [0.29, 0.717) is 6.42 Å². The Balaban J connectivity index is 1.81. The zero-order valence-corrected chi connectivity index (χ0v) is 14.6. The van der Waals surface area contributed by atoms with E-state index in [-0.39, 0.29) is 28.6 Å². The minimum Gasteiger partial charge on any atom is -0.478 e. The highest BCUT2D eigenvalue weighted by Crippen LogP contribution is 2.21. The van der Waals surface area contributed by atoms with Gasteiger partial charge in [-0.05, 0) is 36.2 Å². The van der Waals surface area contributed by atoms with E-state index in [1.54, 1.807) is 18.2 Å². The van der Waals surface area contributed by atoms with Crippen LogP contribution in [-0.4, -0.2) is 31.7 Å². The molecule has 8 heteroatoms. The van der Waals surface area contributed by atoms with Gasteiger partial charge in [-0.2, -0.15) is 0 Å². The van der Waals surface area contributed by atoms with Crippen LogP contribution in [0.2, 0.25) is 0 Å². The van der Waals surface area contributed by atoms with E-state index in [0.717, 1.165) is 28.0 Å². The topological polar surface area (TPSA) is 101 Å². The number of carboxylic acids is 1. The third kappa shape index (κ3) is 5.17. The first-order valence-corrected chi connectivity index (χ1v) is 9.84. The highest BCUT2D eigenvalue weighted by molar-refractivity contribution is 7.92. The third-order valence-corrected chi connectivity index (χ3v) is 6.21. The molecular weight excluding hydrogens is 350 g/mol. The molecule has 0 atom stereocenters. The predicted octanol–water partition coefficient (Wildman–Crippen LogP) is 2.10. The fraction of sp³-hybridized carbons (Fsp3) is 0.250. The van der Waals surface area contributed by atoms with E-state index in [1.807, 2.05) is 0 Å². The van der Waals surface area contributed by atoms with Gasteiger partial charge in [0, 0.05) is 17.6 Å². The number of rotatable bonds is 7. The van der Waals surface area contributed by atoms with E-state index in [2.05, 4.69) is 5.32 Å². The van der Waals surface area contributed by atoms with Crippen molar-refractivity contribution in [1.82, 2.24) is 5.32 Å². The molecule has 0 radical (unpaired) electrons. The Hall–Kier alpha value is -2.19. The van der Waals surface area contributed by atoms with Gasteiger partial charge < -0.3 is 10.4 Å². The number of nitrogens with one attached hydrogen (secondary N) is 1. The quantitative estimate of drug-likeness (QED) is 0.780. The van der Waals surface area contributed by atoms with E-state index < -0.39 is 15.8 Å². The van der Waals surface area contributed by atoms with Crippen molar-refractivity contribution < 1.29 is 23.1 Å². The first-order chi connectivity index (χ1) is 11.3. The molecule has 1 heterocycles. The van der Waals surface area contributed by atoms with Crippen molar-refractivity contribution in [3.63, 3.8) is 0 Å².